The van der Waals surface area contributed by atoms with Crippen molar-refractivity contribution >= 4 is 17.7 Å². The Morgan fingerprint density at radius 3 is 2.66 bits per heavy atom. The number of benzene rings is 1. The molecule has 155 valence electrons. The van der Waals surface area contributed by atoms with Crippen LogP contribution in [0.2, 0.25) is 0 Å². The summed E-state index contributed by atoms with van der Waals surface area (Å²) in [6.07, 6.45) is 4.00. The van der Waals surface area contributed by atoms with Crippen LogP contribution in [0.5, 0.6) is 0 Å². The molecule has 7 heteroatoms. The number of halogens is 2. The quantitative estimate of drug-likeness (QED) is 0.718. The first-order chi connectivity index (χ1) is 13.8. The number of rotatable bonds is 5. The molecule has 0 unspecified atom stereocenters. The molecule has 1 fully saturated rings. The fourth-order valence-corrected chi connectivity index (χ4v) is 3.65. The van der Waals surface area contributed by atoms with Gasteiger partial charge in [-0.05, 0) is 50.8 Å². The summed E-state index contributed by atoms with van der Waals surface area (Å²) in [5.41, 5.74) is 1.27. The van der Waals surface area contributed by atoms with Crippen molar-refractivity contribution in [1.29, 1.82) is 0 Å². The first-order valence-corrected chi connectivity index (χ1v) is 9.68. The normalized spacial score (nSPS) is 17.6. The maximum absolute atomic E-state index is 14.0. The van der Waals surface area contributed by atoms with Gasteiger partial charge in [0.25, 0.3) is 5.56 Å². The molecule has 2 atom stereocenters. The zero-order chi connectivity index (χ0) is 20.7. The van der Waals surface area contributed by atoms with Crippen molar-refractivity contribution in [2.24, 2.45) is 5.92 Å². The summed E-state index contributed by atoms with van der Waals surface area (Å²) < 4.78 is 27.1. The van der Waals surface area contributed by atoms with Gasteiger partial charge in [-0.15, -0.1) is 0 Å². The van der Waals surface area contributed by atoms with E-state index in [1.165, 1.54) is 6.07 Å². The lowest BCUT2D eigenvalue weighted by Crippen LogP contribution is -2.44. The fraction of sp³-hybridized carbons (Fsp3) is 0.318. The Kier molecular flexibility index (Phi) is 4.98. The van der Waals surface area contributed by atoms with Gasteiger partial charge in [0.05, 0.1) is 18.5 Å². The van der Waals surface area contributed by atoms with E-state index in [2.05, 4.69) is 15.6 Å². The van der Waals surface area contributed by atoms with E-state index in [1.54, 1.807) is 32.5 Å². The van der Waals surface area contributed by atoms with Gasteiger partial charge in [0, 0.05) is 36.3 Å². The minimum absolute atomic E-state index is 0. The molecule has 0 spiro atoms. The summed E-state index contributed by atoms with van der Waals surface area (Å²) in [5.74, 6) is -2.09. The van der Waals surface area contributed by atoms with E-state index < -0.39 is 29.5 Å². The van der Waals surface area contributed by atoms with Gasteiger partial charge in [-0.25, -0.2) is 8.78 Å². The molecule has 1 amide bonds. The number of amides is 1. The van der Waals surface area contributed by atoms with Crippen LogP contribution in [0.1, 0.15) is 52.6 Å². The zero-order valence-corrected chi connectivity index (χ0v) is 16.2. The number of nitrogens with one attached hydrogen (secondary N) is 3. The third-order valence-electron chi connectivity index (χ3n) is 5.51. The molecule has 1 aliphatic heterocycles. The molecule has 1 aromatic heterocycles. The first-order valence-electron chi connectivity index (χ1n) is 9.68. The van der Waals surface area contributed by atoms with Crippen LogP contribution in [-0.2, 0) is 4.79 Å². The number of aromatic nitrogens is 1. The van der Waals surface area contributed by atoms with Crippen molar-refractivity contribution in [3.05, 3.63) is 74.5 Å². The molecule has 1 aromatic carbocycles. The number of pyridine rings is 1. The van der Waals surface area contributed by atoms with Crippen LogP contribution < -0.4 is 26.8 Å². The molecule has 1 aliphatic carbocycles. The van der Waals surface area contributed by atoms with E-state index in [1.807, 2.05) is 0 Å². The lowest BCUT2D eigenvalue weighted by Gasteiger charge is -2.19. The van der Waals surface area contributed by atoms with Crippen LogP contribution >= 0.6 is 0 Å². The molecule has 1 radical (unpaired) electrons. The monoisotopic (exact) mass is 402 g/mol. The number of carbonyl (C=O) groups is 1. The number of hydrogen-bond donors (Lipinski definition) is 3. The predicted molar refractivity (Wildman–Crippen MR) is 110 cm³/mol. The highest BCUT2D eigenvalue weighted by Gasteiger charge is 2.28. The second kappa shape index (κ2) is 7.46. The van der Waals surface area contributed by atoms with Crippen LogP contribution in [0.15, 0.2) is 29.1 Å². The Morgan fingerprint density at radius 1 is 1.21 bits per heavy atom. The summed E-state index contributed by atoms with van der Waals surface area (Å²) >= 11 is 0. The van der Waals surface area contributed by atoms with Crippen molar-refractivity contribution in [2.75, 3.05) is 0 Å². The third kappa shape index (κ3) is 3.81. The molecule has 2 heterocycles. The van der Waals surface area contributed by atoms with Gasteiger partial charge < -0.3 is 15.6 Å². The standard InChI is InChI=1S/C22H22F2N3O2.2H2/c1-11(21(28)26-12(2)15-6-5-14(23)9-18(15)24)16-10-17-19(27-22(16)29)7-8-25-20(17)13-3-4-13;;/h5-13,25H,3-4H2,1-2H3,(H,26,28)(H,27,29);2*1H/t11-,12-;;/m0../s1. The van der Waals surface area contributed by atoms with Gasteiger partial charge in [-0.2, -0.15) is 0 Å². The fourth-order valence-electron chi connectivity index (χ4n) is 3.65. The van der Waals surface area contributed by atoms with Crippen molar-refractivity contribution in [3.63, 3.8) is 0 Å². The Bertz CT molecular complexity index is 1160. The molecule has 0 bridgehead atoms. The molecule has 2 aliphatic rings. The van der Waals surface area contributed by atoms with E-state index >= 15 is 0 Å². The Labute approximate surface area is 169 Å². The van der Waals surface area contributed by atoms with E-state index in [-0.39, 0.29) is 14.0 Å². The summed E-state index contributed by atoms with van der Waals surface area (Å²) in [6, 6.07) is 4.34. The zero-order valence-electron chi connectivity index (χ0n) is 16.2. The van der Waals surface area contributed by atoms with Crippen LogP contribution in [-0.4, -0.2) is 10.9 Å². The first kappa shape index (κ1) is 19.4. The maximum Gasteiger partial charge on any atom is 0.252 e. The molecule has 3 N–H and O–H groups in total. The average molecular weight is 402 g/mol. The van der Waals surface area contributed by atoms with Crippen molar-refractivity contribution < 1.29 is 16.4 Å². The highest BCUT2D eigenvalue weighted by Crippen LogP contribution is 2.35. The molecule has 2 aromatic rings. The molecule has 5 nitrogen and oxygen atoms in total. The lowest BCUT2D eigenvalue weighted by molar-refractivity contribution is -0.122. The number of carbonyl (C=O) groups excluding carboxylic acids is 1. The van der Waals surface area contributed by atoms with Crippen LogP contribution in [0.4, 0.5) is 8.78 Å². The van der Waals surface area contributed by atoms with Crippen molar-refractivity contribution in [1.82, 2.24) is 15.6 Å². The van der Waals surface area contributed by atoms with E-state index in [9.17, 15) is 18.4 Å². The second-order valence-corrected chi connectivity index (χ2v) is 7.66. The summed E-state index contributed by atoms with van der Waals surface area (Å²) in [5, 5.41) is 7.61. The van der Waals surface area contributed by atoms with Gasteiger partial charge in [0.15, 0.2) is 0 Å². The number of aromatic amines is 1. The number of fused-ring (bicyclic) bond motifs is 1. The van der Waals surface area contributed by atoms with E-state index in [4.69, 9.17) is 0 Å². The maximum atomic E-state index is 14.0. The van der Waals surface area contributed by atoms with Crippen molar-refractivity contribution in [3.8, 4) is 0 Å². The molecular weight excluding hydrogens is 376 g/mol. The van der Waals surface area contributed by atoms with Crippen LogP contribution in [0, 0.1) is 24.1 Å². The second-order valence-electron chi connectivity index (χ2n) is 7.66. The molecule has 0 saturated heterocycles. The third-order valence-corrected chi connectivity index (χ3v) is 5.51. The van der Waals surface area contributed by atoms with Crippen molar-refractivity contribution in [2.45, 2.75) is 38.6 Å². The molecule has 1 saturated carbocycles. The SMILES string of the molecule is C[C@H](NC(=O)[C@@H](C)c1cc2c([nH]c1=O)=C[CH]NC=2C1CC1)c1ccc(F)cc1F.[HH].[HH]. The van der Waals surface area contributed by atoms with Gasteiger partial charge in [0.2, 0.25) is 5.91 Å². The van der Waals surface area contributed by atoms with Gasteiger partial charge >= 0.3 is 0 Å². The predicted octanol–water partition coefficient (Wildman–Crippen LogP) is 2.19. The van der Waals surface area contributed by atoms with Crippen LogP contribution in [0.25, 0.3) is 11.8 Å². The highest BCUT2D eigenvalue weighted by atomic mass is 19.1. The Hall–Kier alpha value is -2.96. The number of H-pyrrole nitrogens is 1. The minimum Gasteiger partial charge on any atom is -0.379 e. The summed E-state index contributed by atoms with van der Waals surface area (Å²) in [7, 11) is 0. The number of hydrogen-bond acceptors (Lipinski definition) is 3. The summed E-state index contributed by atoms with van der Waals surface area (Å²) in [6.45, 7) is 5.06. The minimum atomic E-state index is -0.735. The van der Waals surface area contributed by atoms with Gasteiger partial charge in [-0.3, -0.25) is 9.59 Å². The molecule has 4 rings (SSSR count). The lowest BCUT2D eigenvalue weighted by atomic mass is 9.98. The highest BCUT2D eigenvalue weighted by molar-refractivity contribution is 5.83. The summed E-state index contributed by atoms with van der Waals surface area (Å²) in [4.78, 5) is 28.2. The van der Waals surface area contributed by atoms with E-state index in [0.29, 0.717) is 11.5 Å². The largest absolute Gasteiger partial charge is 0.379 e. The Balaban J connectivity index is 0.00000171. The van der Waals surface area contributed by atoms with Gasteiger partial charge in [-0.1, -0.05) is 6.07 Å². The van der Waals surface area contributed by atoms with Gasteiger partial charge in [0.1, 0.15) is 11.6 Å². The van der Waals surface area contributed by atoms with E-state index in [0.717, 1.165) is 41.2 Å². The molecule has 29 heavy (non-hydrogen) atoms. The molecular formula is C22H26F2N3O2. The van der Waals surface area contributed by atoms with Crippen LogP contribution in [0.3, 0.4) is 0 Å². The topological polar surface area (TPSA) is 74.0 Å². The Morgan fingerprint density at radius 2 is 1.97 bits per heavy atom. The average Bonchev–Trinajstić information content (AvgIpc) is 3.51. The smallest absolute Gasteiger partial charge is 0.252 e.